The first-order valence-electron chi connectivity index (χ1n) is 5.48. The van der Waals surface area contributed by atoms with E-state index in [9.17, 15) is 13.2 Å². The maximum Gasteiger partial charge on any atom is 0.417 e. The van der Waals surface area contributed by atoms with Gasteiger partial charge < -0.3 is 4.57 Å². The Labute approximate surface area is 102 Å². The van der Waals surface area contributed by atoms with Crippen LogP contribution in [-0.4, -0.2) is 4.57 Å². The van der Waals surface area contributed by atoms with Gasteiger partial charge in [-0.3, -0.25) is 4.84 Å². The van der Waals surface area contributed by atoms with Crippen LogP contribution in [0, 0.1) is 0 Å². The third-order valence-electron chi connectivity index (χ3n) is 2.87. The lowest BCUT2D eigenvalue weighted by atomic mass is 10.1. The lowest BCUT2D eigenvalue weighted by Gasteiger charge is -2.10. The van der Waals surface area contributed by atoms with Crippen molar-refractivity contribution in [3.05, 3.63) is 35.5 Å². The average molecular weight is 258 g/mol. The van der Waals surface area contributed by atoms with Crippen molar-refractivity contribution in [2.45, 2.75) is 26.3 Å². The number of nitrogens with two attached hydrogens (primary N) is 1. The fourth-order valence-corrected chi connectivity index (χ4v) is 2.14. The van der Waals surface area contributed by atoms with Gasteiger partial charge in [0.2, 0.25) is 0 Å². The van der Waals surface area contributed by atoms with Crippen molar-refractivity contribution >= 4 is 10.9 Å². The van der Waals surface area contributed by atoms with E-state index in [-0.39, 0.29) is 12.0 Å². The molecule has 1 aromatic carbocycles. The van der Waals surface area contributed by atoms with E-state index in [2.05, 4.69) is 4.84 Å². The molecule has 18 heavy (non-hydrogen) atoms. The lowest BCUT2D eigenvalue weighted by molar-refractivity contribution is -0.136. The summed E-state index contributed by atoms with van der Waals surface area (Å²) < 4.78 is 40.7. The number of alkyl halides is 3. The van der Waals surface area contributed by atoms with Crippen LogP contribution in [0.15, 0.2) is 24.4 Å². The Morgan fingerprint density at radius 3 is 2.61 bits per heavy atom. The van der Waals surface area contributed by atoms with E-state index in [1.807, 2.05) is 6.92 Å². The molecule has 2 N–H and O–H groups in total. The number of rotatable bonds is 3. The summed E-state index contributed by atoms with van der Waals surface area (Å²) in [6.07, 6.45) is -2.74. The molecule has 1 heterocycles. The smallest absolute Gasteiger partial charge is 0.347 e. The molecule has 0 saturated carbocycles. The monoisotopic (exact) mass is 258 g/mol. The van der Waals surface area contributed by atoms with Crippen LogP contribution in [0.3, 0.4) is 0 Å². The maximum absolute atomic E-state index is 13.0. The van der Waals surface area contributed by atoms with E-state index in [0.29, 0.717) is 17.6 Å². The lowest BCUT2D eigenvalue weighted by Crippen LogP contribution is -2.07. The molecule has 2 rings (SSSR count). The van der Waals surface area contributed by atoms with E-state index in [1.54, 1.807) is 16.8 Å². The minimum Gasteiger partial charge on any atom is -0.347 e. The predicted molar refractivity (Wildman–Crippen MR) is 61.6 cm³/mol. The molecule has 3 nitrogen and oxygen atoms in total. The molecule has 0 bridgehead atoms. The van der Waals surface area contributed by atoms with Crippen molar-refractivity contribution in [2.24, 2.45) is 5.90 Å². The highest BCUT2D eigenvalue weighted by atomic mass is 19.4. The number of hydrogen-bond donors (Lipinski definition) is 1. The Hall–Kier alpha value is -1.53. The van der Waals surface area contributed by atoms with Gasteiger partial charge in [0, 0.05) is 29.2 Å². The Morgan fingerprint density at radius 2 is 2.06 bits per heavy atom. The molecule has 0 unspecified atom stereocenters. The molecule has 0 spiro atoms. The van der Waals surface area contributed by atoms with Gasteiger partial charge in [0.25, 0.3) is 0 Å². The highest BCUT2D eigenvalue weighted by molar-refractivity contribution is 5.87. The molecule has 0 aliphatic heterocycles. The summed E-state index contributed by atoms with van der Waals surface area (Å²) in [4.78, 5) is 4.48. The van der Waals surface area contributed by atoms with Crippen LogP contribution in [0.1, 0.15) is 18.1 Å². The highest BCUT2D eigenvalue weighted by Crippen LogP contribution is 2.37. The summed E-state index contributed by atoms with van der Waals surface area (Å²) in [5, 5.41) is 0.164. The summed E-state index contributed by atoms with van der Waals surface area (Å²) in [5.74, 6) is 4.97. The van der Waals surface area contributed by atoms with Crippen LogP contribution >= 0.6 is 0 Å². The topological polar surface area (TPSA) is 40.2 Å². The molecule has 0 atom stereocenters. The van der Waals surface area contributed by atoms with Gasteiger partial charge in [0.1, 0.15) is 0 Å². The van der Waals surface area contributed by atoms with Crippen molar-refractivity contribution in [2.75, 3.05) is 0 Å². The third kappa shape index (κ3) is 2.09. The average Bonchev–Trinajstić information content (AvgIpc) is 2.67. The molecule has 6 heteroatoms. The van der Waals surface area contributed by atoms with Gasteiger partial charge in [-0.05, 0) is 19.1 Å². The van der Waals surface area contributed by atoms with Crippen LogP contribution in [0.2, 0.25) is 0 Å². The van der Waals surface area contributed by atoms with E-state index in [0.717, 1.165) is 6.07 Å². The summed E-state index contributed by atoms with van der Waals surface area (Å²) >= 11 is 0. The summed E-state index contributed by atoms with van der Waals surface area (Å²) in [6.45, 7) is 2.41. The second-order valence-electron chi connectivity index (χ2n) is 3.95. The maximum atomic E-state index is 13.0. The number of nitrogens with zero attached hydrogens (tertiary/aromatic N) is 1. The zero-order valence-corrected chi connectivity index (χ0v) is 9.79. The summed E-state index contributed by atoms with van der Waals surface area (Å²) in [6, 6.07) is 4.14. The molecule has 0 radical (unpaired) electrons. The number of benzene rings is 1. The van der Waals surface area contributed by atoms with Crippen molar-refractivity contribution in [1.82, 2.24) is 4.57 Å². The molecular formula is C12H13F3N2O. The second-order valence-corrected chi connectivity index (χ2v) is 3.95. The molecule has 0 fully saturated rings. The van der Waals surface area contributed by atoms with E-state index in [4.69, 9.17) is 5.90 Å². The number of fused-ring (bicyclic) bond motifs is 1. The van der Waals surface area contributed by atoms with Gasteiger partial charge in [0.05, 0.1) is 12.2 Å². The summed E-state index contributed by atoms with van der Waals surface area (Å²) in [7, 11) is 0. The Kier molecular flexibility index (Phi) is 3.32. The van der Waals surface area contributed by atoms with E-state index < -0.39 is 11.7 Å². The standard InChI is InChI=1S/C12H13F3N2O/c1-2-17-6-8(7-18-16)11-9(12(13,14)15)4-3-5-10(11)17/h3-6H,2,7,16H2,1H3. The van der Waals surface area contributed by atoms with Crippen molar-refractivity contribution < 1.29 is 18.0 Å². The molecule has 0 saturated heterocycles. The van der Waals surface area contributed by atoms with E-state index in [1.165, 1.54) is 6.07 Å². The quantitative estimate of drug-likeness (QED) is 0.859. The Morgan fingerprint density at radius 1 is 1.33 bits per heavy atom. The number of halogens is 3. The first kappa shape index (κ1) is 12.9. The zero-order chi connectivity index (χ0) is 13.3. The number of aryl methyl sites for hydroxylation is 1. The van der Waals surface area contributed by atoms with Crippen molar-refractivity contribution in [3.8, 4) is 0 Å². The van der Waals surface area contributed by atoms with Crippen LogP contribution < -0.4 is 5.90 Å². The summed E-state index contributed by atoms with van der Waals surface area (Å²) in [5.41, 5.74) is 0.334. The van der Waals surface area contributed by atoms with Gasteiger partial charge in [-0.25, -0.2) is 5.90 Å². The molecule has 0 aliphatic carbocycles. The molecule has 0 amide bonds. The predicted octanol–water partition coefficient (Wildman–Crippen LogP) is 3.07. The minimum atomic E-state index is -4.39. The first-order valence-corrected chi connectivity index (χ1v) is 5.48. The normalized spacial score (nSPS) is 12.3. The number of aromatic nitrogens is 1. The van der Waals surface area contributed by atoms with Gasteiger partial charge in [-0.2, -0.15) is 13.2 Å². The first-order chi connectivity index (χ1) is 8.49. The molecule has 2 aromatic rings. The fourth-order valence-electron chi connectivity index (χ4n) is 2.14. The SMILES string of the molecule is CCn1cc(CON)c2c(C(F)(F)F)cccc21. The third-order valence-corrected chi connectivity index (χ3v) is 2.87. The van der Waals surface area contributed by atoms with Crippen LogP contribution in [-0.2, 0) is 24.2 Å². The molecule has 98 valence electrons. The van der Waals surface area contributed by atoms with Gasteiger partial charge in [-0.15, -0.1) is 0 Å². The van der Waals surface area contributed by atoms with Crippen LogP contribution in [0.4, 0.5) is 13.2 Å². The van der Waals surface area contributed by atoms with Gasteiger partial charge in [0.15, 0.2) is 0 Å². The van der Waals surface area contributed by atoms with E-state index >= 15 is 0 Å². The highest BCUT2D eigenvalue weighted by Gasteiger charge is 2.34. The molecular weight excluding hydrogens is 245 g/mol. The van der Waals surface area contributed by atoms with Gasteiger partial charge >= 0.3 is 6.18 Å². The fraction of sp³-hybridized carbons (Fsp3) is 0.333. The van der Waals surface area contributed by atoms with Gasteiger partial charge in [-0.1, -0.05) is 6.07 Å². The second kappa shape index (κ2) is 4.62. The van der Waals surface area contributed by atoms with Crippen molar-refractivity contribution in [3.63, 3.8) is 0 Å². The number of hydrogen-bond acceptors (Lipinski definition) is 2. The molecule has 0 aliphatic rings. The largest absolute Gasteiger partial charge is 0.417 e. The Bertz CT molecular complexity index is 560. The minimum absolute atomic E-state index is 0.0450. The van der Waals surface area contributed by atoms with Crippen LogP contribution in [0.5, 0.6) is 0 Å². The Balaban J connectivity index is 2.76. The molecule has 1 aromatic heterocycles. The zero-order valence-electron chi connectivity index (χ0n) is 9.79. The van der Waals surface area contributed by atoms with Crippen molar-refractivity contribution in [1.29, 1.82) is 0 Å². The van der Waals surface area contributed by atoms with Crippen LogP contribution in [0.25, 0.3) is 10.9 Å².